The molecule has 2 aromatic carbocycles. The van der Waals surface area contributed by atoms with E-state index >= 15 is 0 Å². The topological polar surface area (TPSA) is 79.6 Å². The van der Waals surface area contributed by atoms with Crippen LogP contribution in [0.15, 0.2) is 59.2 Å². The molecule has 0 aromatic heterocycles. The Morgan fingerprint density at radius 1 is 1.06 bits per heavy atom. The van der Waals surface area contributed by atoms with E-state index in [4.69, 9.17) is 21.1 Å². The normalized spacial score (nSPS) is 17.9. The monoisotopic (exact) mass is 504 g/mol. The lowest BCUT2D eigenvalue weighted by Crippen LogP contribution is -2.49. The average Bonchev–Trinajstić information content (AvgIpc) is 2.88. The standard InChI is InChI=1S/C29H29ClN2O4/c1-3-35-27-16-20(13-14-26(27)36-18-21-9-7-8-12-25(21)30)15-23-19(2)24(17-31)29(34)32(28(23)33)22-10-5-4-6-11-22/h7-9,12-16,22H,3-6,10-11,18H2,1-2H3/b23-15+. The molecule has 1 fully saturated rings. The second-order valence-electron chi connectivity index (χ2n) is 8.96. The van der Waals surface area contributed by atoms with Crippen molar-refractivity contribution in [2.75, 3.05) is 6.61 Å². The summed E-state index contributed by atoms with van der Waals surface area (Å²) >= 11 is 6.25. The van der Waals surface area contributed by atoms with E-state index in [1.165, 1.54) is 4.90 Å². The van der Waals surface area contributed by atoms with Crippen LogP contribution in [-0.2, 0) is 16.2 Å². The van der Waals surface area contributed by atoms with Crippen molar-refractivity contribution in [3.8, 4) is 17.6 Å². The molecule has 2 aliphatic rings. The van der Waals surface area contributed by atoms with E-state index < -0.39 is 5.91 Å². The Hall–Kier alpha value is -3.56. The summed E-state index contributed by atoms with van der Waals surface area (Å²) in [6, 6.07) is 14.7. The second kappa shape index (κ2) is 11.5. The van der Waals surface area contributed by atoms with Crippen molar-refractivity contribution in [3.05, 3.63) is 75.3 Å². The van der Waals surface area contributed by atoms with Gasteiger partial charge in [-0.25, -0.2) is 0 Å². The number of carbonyl (C=O) groups excluding carboxylic acids is 2. The molecule has 0 atom stereocenters. The van der Waals surface area contributed by atoms with Gasteiger partial charge in [0.1, 0.15) is 18.2 Å². The van der Waals surface area contributed by atoms with Gasteiger partial charge in [-0.1, -0.05) is 55.1 Å². The first-order chi connectivity index (χ1) is 17.4. The lowest BCUT2D eigenvalue weighted by atomic mass is 9.88. The fourth-order valence-electron chi connectivity index (χ4n) is 4.71. The third-order valence-corrected chi connectivity index (χ3v) is 7.00. The largest absolute Gasteiger partial charge is 0.490 e. The number of ether oxygens (including phenoxy) is 2. The maximum Gasteiger partial charge on any atom is 0.271 e. The number of nitriles is 1. The highest BCUT2D eigenvalue weighted by molar-refractivity contribution is 6.31. The van der Waals surface area contributed by atoms with Crippen LogP contribution in [0.3, 0.4) is 0 Å². The van der Waals surface area contributed by atoms with Crippen LogP contribution in [0, 0.1) is 11.3 Å². The molecule has 0 spiro atoms. The third-order valence-electron chi connectivity index (χ3n) is 6.63. The Morgan fingerprint density at radius 2 is 1.81 bits per heavy atom. The van der Waals surface area contributed by atoms with Gasteiger partial charge in [0.15, 0.2) is 11.5 Å². The van der Waals surface area contributed by atoms with E-state index in [2.05, 4.69) is 0 Å². The molecular weight excluding hydrogens is 476 g/mol. The zero-order valence-electron chi connectivity index (χ0n) is 20.6. The van der Waals surface area contributed by atoms with Gasteiger partial charge in [-0.2, -0.15) is 5.26 Å². The van der Waals surface area contributed by atoms with Crippen LogP contribution < -0.4 is 9.47 Å². The van der Waals surface area contributed by atoms with E-state index in [0.29, 0.717) is 39.8 Å². The summed E-state index contributed by atoms with van der Waals surface area (Å²) in [5, 5.41) is 10.3. The zero-order valence-corrected chi connectivity index (χ0v) is 21.3. The highest BCUT2D eigenvalue weighted by Gasteiger charge is 2.39. The Kier molecular flexibility index (Phi) is 8.12. The highest BCUT2D eigenvalue weighted by atomic mass is 35.5. The molecule has 0 unspecified atom stereocenters. The molecule has 6 nitrogen and oxygen atoms in total. The Labute approximate surface area is 216 Å². The molecule has 1 aliphatic heterocycles. The zero-order chi connectivity index (χ0) is 25.7. The number of hydrogen-bond donors (Lipinski definition) is 0. The molecule has 2 amide bonds. The number of rotatable bonds is 7. The highest BCUT2D eigenvalue weighted by Crippen LogP contribution is 2.35. The minimum Gasteiger partial charge on any atom is -0.490 e. The maximum atomic E-state index is 13.5. The van der Waals surface area contributed by atoms with Gasteiger partial charge >= 0.3 is 0 Å². The van der Waals surface area contributed by atoms with E-state index in [0.717, 1.165) is 37.7 Å². The van der Waals surface area contributed by atoms with Gasteiger partial charge in [-0.05, 0) is 62.1 Å². The van der Waals surface area contributed by atoms with Gasteiger partial charge in [0.2, 0.25) is 0 Å². The Bertz CT molecular complexity index is 1270. The molecular formula is C29H29ClN2O4. The molecule has 4 rings (SSSR count). The first kappa shape index (κ1) is 25.5. The van der Waals surface area contributed by atoms with Crippen LogP contribution in [0.1, 0.15) is 57.1 Å². The first-order valence-electron chi connectivity index (χ1n) is 12.3. The van der Waals surface area contributed by atoms with E-state index in [1.54, 1.807) is 25.1 Å². The predicted octanol–water partition coefficient (Wildman–Crippen LogP) is 6.24. The number of halogens is 1. The first-order valence-corrected chi connectivity index (χ1v) is 12.7. The SMILES string of the molecule is CCOc1cc(/C=C2/C(=O)N(C3CCCCC3)C(=O)C(C#N)=C2C)ccc1OCc1ccccc1Cl. The smallest absolute Gasteiger partial charge is 0.271 e. The molecule has 1 saturated carbocycles. The number of hydrogen-bond acceptors (Lipinski definition) is 5. The summed E-state index contributed by atoms with van der Waals surface area (Å²) in [5.74, 6) is 0.255. The number of imide groups is 1. The molecule has 0 saturated heterocycles. The Morgan fingerprint density at radius 3 is 2.50 bits per heavy atom. The molecule has 1 aliphatic carbocycles. The summed E-state index contributed by atoms with van der Waals surface area (Å²) in [5.41, 5.74) is 2.34. The van der Waals surface area contributed by atoms with Crippen molar-refractivity contribution >= 4 is 29.5 Å². The van der Waals surface area contributed by atoms with Gasteiger partial charge in [0, 0.05) is 22.2 Å². The molecule has 36 heavy (non-hydrogen) atoms. The molecule has 186 valence electrons. The van der Waals surface area contributed by atoms with Crippen molar-refractivity contribution in [2.45, 2.75) is 58.6 Å². The maximum absolute atomic E-state index is 13.5. The summed E-state index contributed by atoms with van der Waals surface area (Å²) in [7, 11) is 0. The van der Waals surface area contributed by atoms with Crippen LogP contribution in [0.4, 0.5) is 0 Å². The molecule has 2 aromatic rings. The predicted molar refractivity (Wildman–Crippen MR) is 138 cm³/mol. The van der Waals surface area contributed by atoms with Crippen LogP contribution in [-0.4, -0.2) is 29.4 Å². The number of nitrogens with zero attached hydrogens (tertiary/aromatic N) is 2. The van der Waals surface area contributed by atoms with Crippen molar-refractivity contribution in [3.63, 3.8) is 0 Å². The lowest BCUT2D eigenvalue weighted by Gasteiger charge is -2.36. The van der Waals surface area contributed by atoms with E-state index in [-0.39, 0.29) is 24.1 Å². The summed E-state index contributed by atoms with van der Waals surface area (Å²) in [6.45, 7) is 4.25. The minimum absolute atomic E-state index is 0.0242. The van der Waals surface area contributed by atoms with Gasteiger partial charge in [0.05, 0.1) is 6.61 Å². The van der Waals surface area contributed by atoms with Crippen LogP contribution in [0.2, 0.25) is 5.02 Å². The Balaban J connectivity index is 1.66. The minimum atomic E-state index is -0.484. The van der Waals surface area contributed by atoms with Crippen LogP contribution in [0.5, 0.6) is 11.5 Å². The molecule has 7 heteroatoms. The average molecular weight is 505 g/mol. The van der Waals surface area contributed by atoms with Crippen molar-refractivity contribution < 1.29 is 19.1 Å². The fourth-order valence-corrected chi connectivity index (χ4v) is 4.90. The molecule has 1 heterocycles. The van der Waals surface area contributed by atoms with Gasteiger partial charge in [-0.15, -0.1) is 0 Å². The van der Waals surface area contributed by atoms with Gasteiger partial charge in [-0.3, -0.25) is 14.5 Å². The van der Waals surface area contributed by atoms with Crippen molar-refractivity contribution in [2.24, 2.45) is 0 Å². The van der Waals surface area contributed by atoms with Crippen molar-refractivity contribution in [1.29, 1.82) is 5.26 Å². The van der Waals surface area contributed by atoms with E-state index in [1.807, 2.05) is 43.3 Å². The molecule has 0 bridgehead atoms. The summed E-state index contributed by atoms with van der Waals surface area (Å²) < 4.78 is 11.8. The van der Waals surface area contributed by atoms with Crippen LogP contribution in [0.25, 0.3) is 6.08 Å². The number of carbonyl (C=O) groups is 2. The second-order valence-corrected chi connectivity index (χ2v) is 9.37. The van der Waals surface area contributed by atoms with Crippen molar-refractivity contribution in [1.82, 2.24) is 4.90 Å². The summed E-state index contributed by atoms with van der Waals surface area (Å²) in [4.78, 5) is 27.8. The quantitative estimate of drug-likeness (QED) is 0.329. The fraction of sp³-hybridized carbons (Fsp3) is 0.345. The lowest BCUT2D eigenvalue weighted by molar-refractivity contribution is -0.143. The van der Waals surface area contributed by atoms with Gasteiger partial charge < -0.3 is 9.47 Å². The van der Waals surface area contributed by atoms with E-state index in [9.17, 15) is 14.9 Å². The molecule has 0 radical (unpaired) electrons. The molecule has 0 N–H and O–H groups in total. The number of amides is 2. The summed E-state index contributed by atoms with van der Waals surface area (Å²) in [6.07, 6.45) is 6.30. The third kappa shape index (κ3) is 5.32. The van der Waals surface area contributed by atoms with Crippen LogP contribution >= 0.6 is 11.6 Å². The van der Waals surface area contributed by atoms with Gasteiger partial charge in [0.25, 0.3) is 11.8 Å². The number of benzene rings is 2.